The molecule has 5 nitrogen and oxygen atoms in total. The Balaban J connectivity index is 2.75. The van der Waals surface area contributed by atoms with E-state index in [-0.39, 0.29) is 17.7 Å². The summed E-state index contributed by atoms with van der Waals surface area (Å²) in [4.78, 5) is 12.4. The largest absolute Gasteiger partial charge is 0.377 e. The molecule has 106 valence electrons. The summed E-state index contributed by atoms with van der Waals surface area (Å²) in [5, 5.41) is 10.8. The Morgan fingerprint density at radius 1 is 1.47 bits per heavy atom. The first-order valence-electron chi connectivity index (χ1n) is 6.11. The van der Waals surface area contributed by atoms with Crippen molar-refractivity contribution in [3.05, 3.63) is 33.9 Å². The minimum absolute atomic E-state index is 0.0607. The van der Waals surface area contributed by atoms with Gasteiger partial charge in [-0.25, -0.2) is 0 Å². The van der Waals surface area contributed by atoms with Crippen LogP contribution < -0.4 is 4.90 Å². The van der Waals surface area contributed by atoms with E-state index in [4.69, 9.17) is 16.3 Å². The fourth-order valence-electron chi connectivity index (χ4n) is 1.65. The standard InChI is InChI=1S/C13H19ClN2O3/c1-10(2)19-7-6-15(3)12-4-5-13(16(17)18)11(8-12)9-14/h4-5,8,10H,6-7,9H2,1-3H3. The highest BCUT2D eigenvalue weighted by Crippen LogP contribution is 2.25. The summed E-state index contributed by atoms with van der Waals surface area (Å²) in [6.45, 7) is 5.30. The molecular formula is C13H19ClN2O3. The van der Waals surface area contributed by atoms with Gasteiger partial charge in [0.25, 0.3) is 5.69 Å². The molecule has 0 heterocycles. The molecule has 0 aromatic heterocycles. The second kappa shape index (κ2) is 7.31. The van der Waals surface area contributed by atoms with Gasteiger partial charge in [-0.05, 0) is 26.0 Å². The molecule has 0 bridgehead atoms. The summed E-state index contributed by atoms with van der Waals surface area (Å²) in [6.07, 6.45) is 0.198. The lowest BCUT2D eigenvalue weighted by atomic mass is 10.1. The number of alkyl halides is 1. The maximum absolute atomic E-state index is 10.8. The molecule has 1 aromatic carbocycles. The molecule has 0 saturated carbocycles. The van der Waals surface area contributed by atoms with Gasteiger partial charge in [0.2, 0.25) is 0 Å². The van der Waals surface area contributed by atoms with Gasteiger partial charge in [0.1, 0.15) is 0 Å². The lowest BCUT2D eigenvalue weighted by Crippen LogP contribution is -2.24. The second-order valence-corrected chi connectivity index (χ2v) is 4.81. The molecule has 1 rings (SSSR count). The van der Waals surface area contributed by atoms with E-state index in [1.54, 1.807) is 12.1 Å². The molecule has 0 aliphatic rings. The quantitative estimate of drug-likeness (QED) is 0.439. The molecule has 0 aliphatic heterocycles. The summed E-state index contributed by atoms with van der Waals surface area (Å²) in [6, 6.07) is 4.97. The maximum atomic E-state index is 10.8. The Labute approximate surface area is 118 Å². The molecule has 1 aromatic rings. The first-order valence-corrected chi connectivity index (χ1v) is 6.65. The van der Waals surface area contributed by atoms with Crippen molar-refractivity contribution in [3.8, 4) is 0 Å². The predicted molar refractivity (Wildman–Crippen MR) is 77.0 cm³/mol. The molecule has 0 atom stereocenters. The number of likely N-dealkylation sites (N-methyl/N-ethyl adjacent to an activating group) is 1. The smallest absolute Gasteiger partial charge is 0.273 e. The molecule has 0 unspecified atom stereocenters. The molecular weight excluding hydrogens is 268 g/mol. The van der Waals surface area contributed by atoms with Gasteiger partial charge in [-0.15, -0.1) is 11.6 Å². The Hall–Kier alpha value is -1.33. The summed E-state index contributed by atoms with van der Waals surface area (Å²) < 4.78 is 5.48. The molecule has 0 N–H and O–H groups in total. The van der Waals surface area contributed by atoms with Gasteiger partial charge >= 0.3 is 0 Å². The summed E-state index contributed by atoms with van der Waals surface area (Å²) in [5.74, 6) is 0.125. The SMILES string of the molecule is CC(C)OCCN(C)c1ccc([N+](=O)[O-])c(CCl)c1. The van der Waals surface area contributed by atoms with Crippen LogP contribution in [0.15, 0.2) is 18.2 Å². The van der Waals surface area contributed by atoms with Crippen LogP contribution in [0, 0.1) is 10.1 Å². The fourth-order valence-corrected chi connectivity index (χ4v) is 1.86. The molecule has 0 fully saturated rings. The number of hydrogen-bond donors (Lipinski definition) is 0. The van der Waals surface area contributed by atoms with Crippen molar-refractivity contribution >= 4 is 23.0 Å². The lowest BCUT2D eigenvalue weighted by molar-refractivity contribution is -0.385. The zero-order valence-electron chi connectivity index (χ0n) is 11.4. The van der Waals surface area contributed by atoms with Gasteiger partial charge in [-0.2, -0.15) is 0 Å². The minimum Gasteiger partial charge on any atom is -0.377 e. The number of nitro benzene ring substituents is 1. The number of hydrogen-bond acceptors (Lipinski definition) is 4. The van der Waals surface area contributed by atoms with Crippen LogP contribution in [0.25, 0.3) is 0 Å². The Bertz CT molecular complexity index is 438. The lowest BCUT2D eigenvalue weighted by Gasteiger charge is -2.20. The summed E-state index contributed by atoms with van der Waals surface area (Å²) in [5.41, 5.74) is 1.49. The van der Waals surface area contributed by atoms with Crippen molar-refractivity contribution in [2.24, 2.45) is 0 Å². The van der Waals surface area contributed by atoms with E-state index in [2.05, 4.69) is 0 Å². The first kappa shape index (κ1) is 15.7. The number of anilines is 1. The first-order chi connectivity index (χ1) is 8.95. The van der Waals surface area contributed by atoms with Crippen LogP contribution in [0.4, 0.5) is 11.4 Å². The van der Waals surface area contributed by atoms with E-state index in [1.807, 2.05) is 25.8 Å². The Morgan fingerprint density at radius 2 is 2.16 bits per heavy atom. The second-order valence-electron chi connectivity index (χ2n) is 4.54. The molecule has 0 saturated heterocycles. The van der Waals surface area contributed by atoms with Crippen molar-refractivity contribution in [3.63, 3.8) is 0 Å². The number of nitrogens with zero attached hydrogens (tertiary/aromatic N) is 2. The van der Waals surface area contributed by atoms with Crippen molar-refractivity contribution in [1.82, 2.24) is 0 Å². The van der Waals surface area contributed by atoms with Gasteiger partial charge in [0, 0.05) is 30.9 Å². The van der Waals surface area contributed by atoms with Crippen LogP contribution in [-0.2, 0) is 10.6 Å². The Kier molecular flexibility index (Phi) is 6.05. The van der Waals surface area contributed by atoms with Crippen LogP contribution in [0.5, 0.6) is 0 Å². The minimum atomic E-state index is -0.413. The maximum Gasteiger partial charge on any atom is 0.273 e. The van der Waals surface area contributed by atoms with E-state index in [1.165, 1.54) is 6.07 Å². The van der Waals surface area contributed by atoms with Gasteiger partial charge in [0.05, 0.1) is 23.5 Å². The van der Waals surface area contributed by atoms with E-state index in [0.29, 0.717) is 12.2 Å². The van der Waals surface area contributed by atoms with Crippen LogP contribution in [-0.4, -0.2) is 31.2 Å². The van der Waals surface area contributed by atoms with Gasteiger partial charge < -0.3 is 9.64 Å². The molecule has 0 radical (unpaired) electrons. The van der Waals surface area contributed by atoms with Crippen molar-refractivity contribution in [1.29, 1.82) is 0 Å². The van der Waals surface area contributed by atoms with E-state index < -0.39 is 4.92 Å². The highest BCUT2D eigenvalue weighted by Gasteiger charge is 2.14. The van der Waals surface area contributed by atoms with Crippen LogP contribution in [0.2, 0.25) is 0 Å². The average molecular weight is 287 g/mol. The Morgan fingerprint density at radius 3 is 2.68 bits per heavy atom. The zero-order chi connectivity index (χ0) is 14.4. The van der Waals surface area contributed by atoms with Crippen molar-refractivity contribution < 1.29 is 9.66 Å². The number of rotatable bonds is 7. The topological polar surface area (TPSA) is 55.6 Å². The molecule has 0 amide bonds. The van der Waals surface area contributed by atoms with Gasteiger partial charge in [0.15, 0.2) is 0 Å². The predicted octanol–water partition coefficient (Wildman–Crippen LogP) is 3.19. The number of ether oxygens (including phenoxy) is 1. The monoisotopic (exact) mass is 286 g/mol. The third kappa shape index (κ3) is 4.69. The van der Waals surface area contributed by atoms with E-state index >= 15 is 0 Å². The summed E-state index contributed by atoms with van der Waals surface area (Å²) in [7, 11) is 1.92. The highest BCUT2D eigenvalue weighted by atomic mass is 35.5. The zero-order valence-corrected chi connectivity index (χ0v) is 12.2. The summed E-state index contributed by atoms with van der Waals surface area (Å²) >= 11 is 5.75. The third-order valence-electron chi connectivity index (χ3n) is 2.72. The fraction of sp³-hybridized carbons (Fsp3) is 0.538. The molecule has 6 heteroatoms. The third-order valence-corrected chi connectivity index (χ3v) is 3.01. The number of halogens is 1. The average Bonchev–Trinajstić information content (AvgIpc) is 2.37. The molecule has 0 spiro atoms. The number of benzene rings is 1. The molecule has 0 aliphatic carbocycles. The number of nitro groups is 1. The van der Waals surface area contributed by atoms with Crippen LogP contribution >= 0.6 is 11.6 Å². The van der Waals surface area contributed by atoms with Crippen LogP contribution in [0.3, 0.4) is 0 Å². The van der Waals surface area contributed by atoms with Crippen molar-refractivity contribution in [2.75, 3.05) is 25.1 Å². The van der Waals surface area contributed by atoms with Gasteiger partial charge in [-0.1, -0.05) is 0 Å². The normalized spacial score (nSPS) is 10.8. The van der Waals surface area contributed by atoms with E-state index in [0.717, 1.165) is 12.2 Å². The van der Waals surface area contributed by atoms with Crippen molar-refractivity contribution in [2.45, 2.75) is 25.8 Å². The highest BCUT2D eigenvalue weighted by molar-refractivity contribution is 6.17. The molecule has 19 heavy (non-hydrogen) atoms. The van der Waals surface area contributed by atoms with Gasteiger partial charge in [-0.3, -0.25) is 10.1 Å². The van der Waals surface area contributed by atoms with E-state index in [9.17, 15) is 10.1 Å². The van der Waals surface area contributed by atoms with Crippen LogP contribution in [0.1, 0.15) is 19.4 Å².